The zero-order valence-corrected chi connectivity index (χ0v) is 15.6. The zero-order chi connectivity index (χ0) is 16.8. The predicted octanol–water partition coefficient (Wildman–Crippen LogP) is 4.09. The Morgan fingerprint density at radius 2 is 1.91 bits per heavy atom. The molecule has 1 aromatic heterocycles. The van der Waals surface area contributed by atoms with Gasteiger partial charge >= 0.3 is 0 Å². The molecule has 3 nitrogen and oxygen atoms in total. The van der Waals surface area contributed by atoms with E-state index in [-0.39, 0.29) is 0 Å². The number of hydrogen-bond acceptors (Lipinski definition) is 3. The molecule has 1 saturated heterocycles. The summed E-state index contributed by atoms with van der Waals surface area (Å²) in [6, 6.07) is 8.64. The van der Waals surface area contributed by atoms with E-state index in [1.165, 1.54) is 16.5 Å². The molecule has 0 amide bonds. The zero-order valence-electron chi connectivity index (χ0n) is 14.8. The van der Waals surface area contributed by atoms with E-state index in [1.807, 2.05) is 13.8 Å². The molecule has 0 unspecified atom stereocenters. The predicted molar refractivity (Wildman–Crippen MR) is 102 cm³/mol. The summed E-state index contributed by atoms with van der Waals surface area (Å²) in [6.45, 7) is 10.0. The van der Waals surface area contributed by atoms with Gasteiger partial charge in [-0.25, -0.2) is 4.98 Å². The molecule has 0 radical (unpaired) electrons. The van der Waals surface area contributed by atoms with Gasteiger partial charge in [-0.05, 0) is 30.5 Å². The van der Waals surface area contributed by atoms with E-state index in [0.29, 0.717) is 0 Å². The van der Waals surface area contributed by atoms with Gasteiger partial charge in [-0.15, -0.1) is 0 Å². The van der Waals surface area contributed by atoms with E-state index in [0.717, 1.165) is 48.8 Å². The standard InChI is InChI=1S/C17H22N2OS.C2H6/c1-3-5-15-12-14-7-4-6-13(2)16(14)18-17(15)19-8-10-21(20)11-9-19;1-2/h4,6-7,12H,3,5,8-11H2,1-2H3;1-2H3. The lowest BCUT2D eigenvalue weighted by molar-refractivity contribution is 0.672. The number of rotatable bonds is 3. The van der Waals surface area contributed by atoms with Crippen LogP contribution in [0.15, 0.2) is 24.3 Å². The van der Waals surface area contributed by atoms with Crippen molar-refractivity contribution >= 4 is 27.5 Å². The normalized spacial score (nSPS) is 15.4. The van der Waals surface area contributed by atoms with Crippen LogP contribution in [0.2, 0.25) is 0 Å². The van der Waals surface area contributed by atoms with Gasteiger partial charge < -0.3 is 4.90 Å². The van der Waals surface area contributed by atoms with Gasteiger partial charge in [0.25, 0.3) is 0 Å². The molecule has 0 N–H and O–H groups in total. The van der Waals surface area contributed by atoms with Crippen molar-refractivity contribution in [2.75, 3.05) is 29.5 Å². The SMILES string of the molecule is CC.CCCc1cc2cccc(C)c2nc1N1CCS(=O)CC1. The number of fused-ring (bicyclic) bond motifs is 1. The van der Waals surface area contributed by atoms with Crippen LogP contribution in [0.3, 0.4) is 0 Å². The Hall–Kier alpha value is -1.42. The minimum Gasteiger partial charge on any atom is -0.355 e. The van der Waals surface area contributed by atoms with Crippen LogP contribution < -0.4 is 4.90 Å². The highest BCUT2D eigenvalue weighted by Gasteiger charge is 2.19. The molecule has 3 rings (SSSR count). The largest absolute Gasteiger partial charge is 0.355 e. The number of nitrogens with zero attached hydrogens (tertiary/aromatic N) is 2. The minimum atomic E-state index is -0.646. The maximum absolute atomic E-state index is 11.6. The fraction of sp³-hybridized carbons (Fsp3) is 0.526. The molecule has 0 saturated carbocycles. The van der Waals surface area contributed by atoms with E-state index in [4.69, 9.17) is 4.98 Å². The summed E-state index contributed by atoms with van der Waals surface area (Å²) in [7, 11) is -0.646. The van der Waals surface area contributed by atoms with Gasteiger partial charge in [0.1, 0.15) is 5.82 Å². The average molecular weight is 333 g/mol. The van der Waals surface area contributed by atoms with Crippen molar-refractivity contribution in [3.8, 4) is 0 Å². The first-order chi connectivity index (χ1) is 11.2. The number of aryl methyl sites for hydroxylation is 2. The van der Waals surface area contributed by atoms with Crippen LogP contribution in [0.5, 0.6) is 0 Å². The molecule has 23 heavy (non-hydrogen) atoms. The molecule has 2 aromatic rings. The lowest BCUT2D eigenvalue weighted by Crippen LogP contribution is -2.38. The summed E-state index contributed by atoms with van der Waals surface area (Å²) in [5.74, 6) is 2.63. The van der Waals surface area contributed by atoms with Crippen LogP contribution in [0.1, 0.15) is 38.3 Å². The molecular weight excluding hydrogens is 304 g/mol. The van der Waals surface area contributed by atoms with Crippen LogP contribution in [0.25, 0.3) is 10.9 Å². The van der Waals surface area contributed by atoms with Crippen molar-refractivity contribution in [1.82, 2.24) is 4.98 Å². The van der Waals surface area contributed by atoms with Gasteiger partial charge in [0.15, 0.2) is 0 Å². The third-order valence-corrected chi connectivity index (χ3v) is 5.38. The molecule has 1 aliphatic rings. The van der Waals surface area contributed by atoms with E-state index in [9.17, 15) is 4.21 Å². The van der Waals surface area contributed by atoms with Crippen molar-refractivity contribution in [1.29, 1.82) is 0 Å². The van der Waals surface area contributed by atoms with Gasteiger partial charge in [0, 0.05) is 40.8 Å². The number of para-hydroxylation sites is 1. The van der Waals surface area contributed by atoms with Crippen molar-refractivity contribution in [2.24, 2.45) is 0 Å². The van der Waals surface area contributed by atoms with Crippen LogP contribution in [0, 0.1) is 6.92 Å². The summed E-state index contributed by atoms with van der Waals surface area (Å²) in [5.41, 5.74) is 3.64. The minimum absolute atomic E-state index is 0.646. The number of benzene rings is 1. The number of aromatic nitrogens is 1. The van der Waals surface area contributed by atoms with Gasteiger partial charge in [0.2, 0.25) is 0 Å². The Balaban J connectivity index is 0.000000924. The van der Waals surface area contributed by atoms with Crippen molar-refractivity contribution < 1.29 is 4.21 Å². The summed E-state index contributed by atoms with van der Waals surface area (Å²) in [4.78, 5) is 7.29. The lowest BCUT2D eigenvalue weighted by Gasteiger charge is -2.29. The maximum atomic E-state index is 11.6. The second-order valence-corrected chi connectivity index (χ2v) is 7.40. The molecule has 0 bridgehead atoms. The van der Waals surface area contributed by atoms with Crippen molar-refractivity contribution in [3.63, 3.8) is 0 Å². The fourth-order valence-corrected chi connectivity index (χ4v) is 4.01. The van der Waals surface area contributed by atoms with E-state index < -0.39 is 10.8 Å². The third-order valence-electron chi connectivity index (χ3n) is 4.10. The van der Waals surface area contributed by atoms with E-state index >= 15 is 0 Å². The maximum Gasteiger partial charge on any atom is 0.132 e. The Labute approximate surface area is 142 Å². The van der Waals surface area contributed by atoms with Crippen LogP contribution in [-0.2, 0) is 17.2 Å². The molecule has 1 aromatic carbocycles. The summed E-state index contributed by atoms with van der Waals surface area (Å²) >= 11 is 0. The molecule has 4 heteroatoms. The Kier molecular flexibility index (Phi) is 6.58. The molecular formula is C19H28N2OS. The van der Waals surface area contributed by atoms with E-state index in [1.54, 1.807) is 0 Å². The molecule has 0 spiro atoms. The molecule has 1 aliphatic heterocycles. The highest BCUT2D eigenvalue weighted by Crippen LogP contribution is 2.27. The highest BCUT2D eigenvalue weighted by atomic mass is 32.2. The first-order valence-corrected chi connectivity index (χ1v) is 10.2. The second kappa shape index (κ2) is 8.44. The van der Waals surface area contributed by atoms with Gasteiger partial charge in [-0.1, -0.05) is 45.4 Å². The van der Waals surface area contributed by atoms with Crippen LogP contribution in [0.4, 0.5) is 5.82 Å². The van der Waals surface area contributed by atoms with Crippen LogP contribution >= 0.6 is 0 Å². The summed E-state index contributed by atoms with van der Waals surface area (Å²) < 4.78 is 11.6. The number of hydrogen-bond donors (Lipinski definition) is 0. The number of anilines is 1. The van der Waals surface area contributed by atoms with Crippen molar-refractivity contribution in [2.45, 2.75) is 40.5 Å². The summed E-state index contributed by atoms with van der Waals surface area (Å²) in [5, 5.41) is 1.22. The smallest absolute Gasteiger partial charge is 0.132 e. The Bertz CT molecular complexity index is 674. The molecule has 126 valence electrons. The topological polar surface area (TPSA) is 33.2 Å². The first-order valence-electron chi connectivity index (χ1n) is 8.68. The second-order valence-electron chi connectivity index (χ2n) is 5.70. The molecule has 2 heterocycles. The third kappa shape index (κ3) is 4.11. The quantitative estimate of drug-likeness (QED) is 0.849. The fourth-order valence-electron chi connectivity index (χ4n) is 2.96. The molecule has 0 atom stereocenters. The summed E-state index contributed by atoms with van der Waals surface area (Å²) in [6.07, 6.45) is 2.16. The lowest BCUT2D eigenvalue weighted by atomic mass is 10.0. The Morgan fingerprint density at radius 1 is 1.22 bits per heavy atom. The van der Waals surface area contributed by atoms with Gasteiger partial charge in [0.05, 0.1) is 5.52 Å². The van der Waals surface area contributed by atoms with E-state index in [2.05, 4.69) is 43.0 Å². The van der Waals surface area contributed by atoms with Gasteiger partial charge in [-0.3, -0.25) is 4.21 Å². The highest BCUT2D eigenvalue weighted by molar-refractivity contribution is 7.85. The van der Waals surface area contributed by atoms with Gasteiger partial charge in [-0.2, -0.15) is 0 Å². The number of pyridine rings is 1. The van der Waals surface area contributed by atoms with Crippen LogP contribution in [-0.4, -0.2) is 33.8 Å². The molecule has 0 aliphatic carbocycles. The Morgan fingerprint density at radius 3 is 2.57 bits per heavy atom. The first kappa shape index (κ1) is 17.9. The average Bonchev–Trinajstić information content (AvgIpc) is 2.58. The monoisotopic (exact) mass is 332 g/mol. The van der Waals surface area contributed by atoms with Crippen molar-refractivity contribution in [3.05, 3.63) is 35.4 Å². The molecule has 1 fully saturated rings.